The van der Waals surface area contributed by atoms with Gasteiger partial charge in [-0.2, -0.15) is 0 Å². The lowest BCUT2D eigenvalue weighted by Gasteiger charge is -1.76. The molecule has 0 aromatic carbocycles. The van der Waals surface area contributed by atoms with Crippen LogP contribution >= 0.6 is 43.0 Å². The lowest BCUT2D eigenvalue weighted by atomic mass is 15.8. The minimum Gasteiger partial charge on any atom is -0.328 e. The van der Waals surface area contributed by atoms with E-state index in [-0.39, 0.29) is 0 Å². The molecule has 0 bridgehead atoms. The number of hydrogen-bond acceptors (Lipinski definition) is 15. The Labute approximate surface area is 117 Å². The van der Waals surface area contributed by atoms with E-state index in [1.165, 1.54) is 0 Å². The molecular weight excluding hydrogens is 395 g/mol. The Bertz CT molecular complexity index is 74.8. The predicted octanol–water partition coefficient (Wildman–Crippen LogP) is -4.05. The molecule has 0 spiro atoms. The molecule has 0 saturated carbocycles. The summed E-state index contributed by atoms with van der Waals surface area (Å²) in [6.45, 7) is 0. The molecule has 0 atom stereocenters. The van der Waals surface area contributed by atoms with Crippen LogP contribution in [0, 0.1) is 0 Å². The summed E-state index contributed by atoms with van der Waals surface area (Å²) in [7, 11) is -13.1. The lowest BCUT2D eigenvalue weighted by Crippen LogP contribution is -1.54. The van der Waals surface area contributed by atoms with Crippen LogP contribution in [0.15, 0.2) is 0 Å². The van der Waals surface area contributed by atoms with Crippen molar-refractivity contribution in [1.82, 2.24) is 0 Å². The van der Waals surface area contributed by atoms with E-state index in [0.717, 1.165) is 0 Å². The molecule has 0 rings (SSSR count). The van der Waals surface area contributed by atoms with Crippen LogP contribution in [0.5, 0.6) is 0 Å². The van der Waals surface area contributed by atoms with Gasteiger partial charge in [0.1, 0.15) is 0 Å². The fraction of sp³-hybridized carbons (Fsp3) is 0. The molecule has 0 aromatic heterocycles. The summed E-state index contributed by atoms with van der Waals surface area (Å²) < 4.78 is 0. The first kappa shape index (κ1) is 33.2. The first-order valence-corrected chi connectivity index (χ1v) is 9.00. The minimum atomic E-state index is -2.62. The molecule has 130 valence electrons. The molecule has 0 aliphatic heterocycles. The summed E-state index contributed by atoms with van der Waals surface area (Å²) in [6.07, 6.45) is 0. The van der Waals surface area contributed by atoms with Crippen LogP contribution in [0.1, 0.15) is 0 Å². The highest BCUT2D eigenvalue weighted by molar-refractivity contribution is 7.39. The van der Waals surface area contributed by atoms with Gasteiger partial charge >= 0.3 is 43.0 Å². The standard InChI is InChI=1S/5H3O3P/c5*1-4(2)3/h5*1-3H. The highest BCUT2D eigenvalue weighted by Crippen LogP contribution is 2.13. The van der Waals surface area contributed by atoms with E-state index >= 15 is 0 Å². The van der Waals surface area contributed by atoms with E-state index in [1.807, 2.05) is 0 Å². The second kappa shape index (κ2) is 28.7. The van der Waals surface area contributed by atoms with Crippen molar-refractivity contribution < 1.29 is 73.4 Å². The summed E-state index contributed by atoms with van der Waals surface area (Å²) in [5.41, 5.74) is 0. The monoisotopic (exact) mass is 410 g/mol. The molecule has 0 fully saturated rings. The van der Waals surface area contributed by atoms with E-state index in [4.69, 9.17) is 73.4 Å². The first-order valence-electron chi connectivity index (χ1n) is 3.00. The van der Waals surface area contributed by atoms with E-state index in [0.29, 0.717) is 0 Å². The summed E-state index contributed by atoms with van der Waals surface area (Å²) in [5, 5.41) is 0. The molecule has 0 aliphatic carbocycles. The Kier molecular flexibility index (Phi) is 47.6. The van der Waals surface area contributed by atoms with Crippen LogP contribution in [-0.2, 0) is 0 Å². The van der Waals surface area contributed by atoms with Crippen molar-refractivity contribution in [2.75, 3.05) is 0 Å². The van der Waals surface area contributed by atoms with Crippen molar-refractivity contribution in [2.45, 2.75) is 0 Å². The smallest absolute Gasteiger partial charge is 0.324 e. The van der Waals surface area contributed by atoms with Gasteiger partial charge in [-0.25, -0.2) is 0 Å². The highest BCUT2D eigenvalue weighted by Gasteiger charge is 1.78. The highest BCUT2D eigenvalue weighted by atomic mass is 31.2. The SMILES string of the molecule is OP(O)O.OP(O)O.OP(O)O.OP(O)O.OP(O)O. The van der Waals surface area contributed by atoms with E-state index in [1.54, 1.807) is 0 Å². The summed E-state index contributed by atoms with van der Waals surface area (Å²) in [6, 6.07) is 0. The van der Waals surface area contributed by atoms with Crippen molar-refractivity contribution in [3.63, 3.8) is 0 Å². The second-order valence-corrected chi connectivity index (χ2v) is 4.02. The summed E-state index contributed by atoms with van der Waals surface area (Å²) in [4.78, 5) is 108. The Morgan fingerprint density at radius 3 is 0.200 bits per heavy atom. The van der Waals surface area contributed by atoms with Crippen molar-refractivity contribution in [1.29, 1.82) is 0 Å². The molecule has 0 aromatic rings. The Hall–Kier alpha value is 1.55. The van der Waals surface area contributed by atoms with Crippen LogP contribution in [0.3, 0.4) is 0 Å². The summed E-state index contributed by atoms with van der Waals surface area (Å²) in [5.74, 6) is 0. The molecule has 15 N–H and O–H groups in total. The van der Waals surface area contributed by atoms with E-state index < -0.39 is 43.0 Å². The van der Waals surface area contributed by atoms with Crippen LogP contribution in [0.25, 0.3) is 0 Å². The normalized spacial score (nSPS) is 9.00. The minimum absolute atomic E-state index is 2.62. The fourth-order valence-electron chi connectivity index (χ4n) is 0. The van der Waals surface area contributed by atoms with Gasteiger partial charge in [-0.1, -0.05) is 0 Å². The summed E-state index contributed by atoms with van der Waals surface area (Å²) >= 11 is 0. The molecule has 15 nitrogen and oxygen atoms in total. The Morgan fingerprint density at radius 2 is 0.200 bits per heavy atom. The first-order chi connectivity index (χ1) is 8.66. The molecule has 0 saturated heterocycles. The average molecular weight is 410 g/mol. The third-order valence-electron chi connectivity index (χ3n) is 0. The predicted molar refractivity (Wildman–Crippen MR) is 67.9 cm³/mol. The maximum absolute atomic E-state index is 7.23. The lowest BCUT2D eigenvalue weighted by molar-refractivity contribution is 0.366. The van der Waals surface area contributed by atoms with Crippen molar-refractivity contribution in [3.05, 3.63) is 0 Å². The topological polar surface area (TPSA) is 303 Å². The van der Waals surface area contributed by atoms with Crippen LogP contribution in [0.2, 0.25) is 0 Å². The average Bonchev–Trinajstić information content (AvgIpc) is 1.94. The number of hydrogen-bond donors (Lipinski definition) is 15. The zero-order valence-electron chi connectivity index (χ0n) is 8.94. The largest absolute Gasteiger partial charge is 0.328 e. The Morgan fingerprint density at radius 1 is 0.200 bits per heavy atom. The molecule has 20 heteroatoms. The molecule has 0 heterocycles. The maximum Gasteiger partial charge on any atom is 0.324 e. The quantitative estimate of drug-likeness (QED) is 0.169. The zero-order chi connectivity index (χ0) is 17.9. The molecule has 0 unspecified atom stereocenters. The van der Waals surface area contributed by atoms with Gasteiger partial charge in [0.15, 0.2) is 0 Å². The van der Waals surface area contributed by atoms with Crippen molar-refractivity contribution in [2.24, 2.45) is 0 Å². The van der Waals surface area contributed by atoms with E-state index in [9.17, 15) is 0 Å². The molecule has 0 amide bonds. The van der Waals surface area contributed by atoms with Crippen LogP contribution in [-0.4, -0.2) is 73.4 Å². The van der Waals surface area contributed by atoms with Crippen molar-refractivity contribution >= 4 is 43.0 Å². The second-order valence-electron chi connectivity index (χ2n) is 1.34. The van der Waals surface area contributed by atoms with Gasteiger partial charge in [0.25, 0.3) is 0 Å². The van der Waals surface area contributed by atoms with Gasteiger partial charge in [-0.05, 0) is 0 Å². The Balaban J connectivity index is -0.0000000469. The molecule has 20 heavy (non-hydrogen) atoms. The molecule has 0 radical (unpaired) electrons. The third kappa shape index (κ3) is 2800. The molecular formula is H15O15P5. The van der Waals surface area contributed by atoms with E-state index in [2.05, 4.69) is 0 Å². The maximum atomic E-state index is 7.23. The third-order valence-corrected chi connectivity index (χ3v) is 0. The van der Waals surface area contributed by atoms with Gasteiger partial charge in [0.2, 0.25) is 0 Å². The fourth-order valence-corrected chi connectivity index (χ4v) is 0. The zero-order valence-corrected chi connectivity index (χ0v) is 13.4. The van der Waals surface area contributed by atoms with Gasteiger partial charge in [-0.3, -0.25) is 0 Å². The molecule has 0 aliphatic rings. The van der Waals surface area contributed by atoms with Crippen LogP contribution in [0.4, 0.5) is 0 Å². The van der Waals surface area contributed by atoms with Gasteiger partial charge in [0, 0.05) is 0 Å². The van der Waals surface area contributed by atoms with Gasteiger partial charge < -0.3 is 73.4 Å². The number of rotatable bonds is 0. The van der Waals surface area contributed by atoms with Gasteiger partial charge in [0.05, 0.1) is 0 Å². The van der Waals surface area contributed by atoms with Crippen molar-refractivity contribution in [3.8, 4) is 0 Å². The van der Waals surface area contributed by atoms with Crippen LogP contribution < -0.4 is 0 Å². The van der Waals surface area contributed by atoms with Gasteiger partial charge in [-0.15, -0.1) is 0 Å².